The molecular weight excluding hydrogens is 322 g/mol. The normalized spacial score (nSPS) is 13.8. The number of aromatic nitrogens is 1. The Balaban J connectivity index is 2.06. The van der Waals surface area contributed by atoms with Crippen LogP contribution in [0.4, 0.5) is 10.8 Å². The molecule has 0 bridgehead atoms. The molecule has 1 aromatic carbocycles. The Morgan fingerprint density at radius 1 is 1.46 bits per heavy atom. The number of carbonyl (C=O) groups excluding carboxylic acids is 1. The van der Waals surface area contributed by atoms with E-state index in [1.807, 2.05) is 14.0 Å². The first kappa shape index (κ1) is 16.5. The van der Waals surface area contributed by atoms with Gasteiger partial charge in [0, 0.05) is 38.0 Å². The van der Waals surface area contributed by atoms with Gasteiger partial charge in [-0.2, -0.15) is 0 Å². The van der Waals surface area contributed by atoms with E-state index in [0.29, 0.717) is 0 Å². The number of nitrogens with zero attached hydrogens (tertiary/aromatic N) is 2. The van der Waals surface area contributed by atoms with Gasteiger partial charge < -0.3 is 15.0 Å². The van der Waals surface area contributed by atoms with E-state index in [2.05, 4.69) is 35.5 Å². The van der Waals surface area contributed by atoms with Crippen LogP contribution in [0.5, 0.6) is 0 Å². The van der Waals surface area contributed by atoms with Crippen LogP contribution in [-0.4, -0.2) is 38.7 Å². The fourth-order valence-corrected chi connectivity index (χ4v) is 3.82. The number of esters is 1. The average Bonchev–Trinajstić information content (AvgIpc) is 3.18. The highest BCUT2D eigenvalue weighted by molar-refractivity contribution is 7.17. The van der Waals surface area contributed by atoms with Crippen molar-refractivity contribution in [2.45, 2.75) is 13.3 Å². The predicted molar refractivity (Wildman–Crippen MR) is 99.7 cm³/mol. The Labute approximate surface area is 146 Å². The van der Waals surface area contributed by atoms with Crippen LogP contribution in [0.15, 0.2) is 24.3 Å². The Hall–Kier alpha value is -2.34. The molecule has 0 saturated carbocycles. The molecular formula is C18H21N3O2S. The molecule has 0 atom stereocenters. The number of benzene rings is 1. The molecule has 0 unspecified atom stereocenters. The summed E-state index contributed by atoms with van der Waals surface area (Å²) in [6, 6.07) is 6.46. The zero-order valence-corrected chi connectivity index (χ0v) is 15.2. The Kier molecular flexibility index (Phi) is 4.57. The molecule has 0 amide bonds. The van der Waals surface area contributed by atoms with Crippen LogP contribution in [0.25, 0.3) is 16.8 Å². The molecule has 1 N–H and O–H groups in total. The summed E-state index contributed by atoms with van der Waals surface area (Å²) in [5.41, 5.74) is 5.46. The maximum atomic E-state index is 11.6. The van der Waals surface area contributed by atoms with Crippen LogP contribution in [0.2, 0.25) is 0 Å². The number of likely N-dealkylation sites (N-methyl/N-ethyl adjacent to an activating group) is 1. The van der Waals surface area contributed by atoms with Gasteiger partial charge in [0.1, 0.15) is 0 Å². The summed E-state index contributed by atoms with van der Waals surface area (Å²) in [4.78, 5) is 19.5. The van der Waals surface area contributed by atoms with Gasteiger partial charge in [-0.05, 0) is 36.6 Å². The van der Waals surface area contributed by atoms with Gasteiger partial charge in [-0.3, -0.25) is 0 Å². The molecule has 3 rings (SSSR count). The maximum absolute atomic E-state index is 11.6. The van der Waals surface area contributed by atoms with E-state index < -0.39 is 0 Å². The van der Waals surface area contributed by atoms with E-state index >= 15 is 0 Å². The first-order valence-corrected chi connectivity index (χ1v) is 8.64. The molecule has 126 valence electrons. The number of rotatable bonds is 4. The van der Waals surface area contributed by atoms with Gasteiger partial charge in [-0.15, -0.1) is 0 Å². The number of carbonyl (C=O) groups is 1. The van der Waals surface area contributed by atoms with Crippen LogP contribution in [0.1, 0.15) is 17.4 Å². The zero-order chi connectivity index (χ0) is 17.3. The van der Waals surface area contributed by atoms with E-state index in [1.54, 1.807) is 11.3 Å². The fourth-order valence-electron chi connectivity index (χ4n) is 2.91. The molecule has 0 radical (unpaired) electrons. The van der Waals surface area contributed by atoms with Crippen LogP contribution in [0.3, 0.4) is 0 Å². The molecule has 1 aliphatic heterocycles. The minimum atomic E-state index is -0.353. The Morgan fingerprint density at radius 2 is 2.25 bits per heavy atom. The highest BCUT2D eigenvalue weighted by Crippen LogP contribution is 2.38. The lowest BCUT2D eigenvalue weighted by molar-refractivity contribution is -0.134. The fraction of sp³-hybridized carbons (Fsp3) is 0.333. The summed E-state index contributed by atoms with van der Waals surface area (Å²) >= 11 is 1.54. The van der Waals surface area contributed by atoms with Gasteiger partial charge in [0.2, 0.25) is 0 Å². The third-order valence-corrected chi connectivity index (χ3v) is 5.42. The van der Waals surface area contributed by atoms with Crippen LogP contribution < -0.4 is 10.2 Å². The van der Waals surface area contributed by atoms with E-state index in [-0.39, 0.29) is 5.97 Å². The summed E-state index contributed by atoms with van der Waals surface area (Å²) in [6.45, 7) is 2.96. The Bertz CT molecular complexity index is 811. The van der Waals surface area contributed by atoms with Crippen LogP contribution in [-0.2, 0) is 16.0 Å². The van der Waals surface area contributed by atoms with Crippen molar-refractivity contribution in [2.75, 3.05) is 38.0 Å². The number of methoxy groups -OCH3 is 1. The van der Waals surface area contributed by atoms with Crippen molar-refractivity contribution in [1.82, 2.24) is 4.98 Å². The number of ether oxygens (including phenoxy) is 1. The number of fused-ring (bicyclic) bond motifs is 1. The average molecular weight is 343 g/mol. The third-order valence-electron chi connectivity index (χ3n) is 4.22. The molecule has 0 saturated heterocycles. The van der Waals surface area contributed by atoms with Crippen molar-refractivity contribution in [3.05, 3.63) is 34.7 Å². The van der Waals surface area contributed by atoms with Gasteiger partial charge in [0.15, 0.2) is 5.13 Å². The lowest BCUT2D eigenvalue weighted by atomic mass is 10.0. The minimum absolute atomic E-state index is 0.353. The molecule has 0 aliphatic carbocycles. The van der Waals surface area contributed by atoms with Crippen molar-refractivity contribution < 1.29 is 9.53 Å². The van der Waals surface area contributed by atoms with Crippen molar-refractivity contribution >= 4 is 33.7 Å². The van der Waals surface area contributed by atoms with E-state index in [0.717, 1.165) is 39.8 Å². The Morgan fingerprint density at radius 3 is 2.96 bits per heavy atom. The molecule has 2 heterocycles. The number of thiazole rings is 1. The highest BCUT2D eigenvalue weighted by atomic mass is 32.1. The summed E-state index contributed by atoms with van der Waals surface area (Å²) < 4.78 is 4.74. The topological polar surface area (TPSA) is 54.5 Å². The summed E-state index contributed by atoms with van der Waals surface area (Å²) in [6.07, 6.45) is 2.56. The van der Waals surface area contributed by atoms with Gasteiger partial charge in [-0.25, -0.2) is 9.78 Å². The lowest BCUT2D eigenvalue weighted by Gasteiger charge is -2.12. The van der Waals surface area contributed by atoms with Crippen LogP contribution in [0, 0.1) is 0 Å². The highest BCUT2D eigenvalue weighted by Gasteiger charge is 2.19. The molecule has 0 fully saturated rings. The lowest BCUT2D eigenvalue weighted by Crippen LogP contribution is -2.12. The van der Waals surface area contributed by atoms with Crippen molar-refractivity contribution in [1.29, 1.82) is 0 Å². The predicted octanol–water partition coefficient (Wildman–Crippen LogP) is 3.42. The molecule has 1 aliphatic rings. The van der Waals surface area contributed by atoms with Gasteiger partial charge in [0.05, 0.1) is 17.7 Å². The van der Waals surface area contributed by atoms with E-state index in [4.69, 9.17) is 9.72 Å². The molecule has 1 aromatic heterocycles. The smallest absolute Gasteiger partial charge is 0.330 e. The van der Waals surface area contributed by atoms with Crippen LogP contribution >= 0.6 is 11.3 Å². The first-order chi connectivity index (χ1) is 11.5. The van der Waals surface area contributed by atoms with Gasteiger partial charge in [0.25, 0.3) is 0 Å². The third kappa shape index (κ3) is 3.01. The number of hydrogen-bond acceptors (Lipinski definition) is 6. The zero-order valence-electron chi connectivity index (χ0n) is 14.3. The second-order valence-corrected chi connectivity index (χ2v) is 6.81. The molecule has 0 spiro atoms. The number of nitrogens with one attached hydrogen (secondary N) is 1. The summed E-state index contributed by atoms with van der Waals surface area (Å²) in [5.74, 6) is -0.353. The first-order valence-electron chi connectivity index (χ1n) is 7.83. The van der Waals surface area contributed by atoms with Crippen molar-refractivity contribution in [3.63, 3.8) is 0 Å². The molecule has 2 aromatic rings. The number of allylic oxidation sites excluding steroid dienone is 1. The monoisotopic (exact) mass is 343 g/mol. The SMILES string of the molecule is CNc1nc(-c2ccc3c(c2)CCN3C)c(/C(C)=C/C(=O)OC)s1. The van der Waals surface area contributed by atoms with Crippen molar-refractivity contribution in [2.24, 2.45) is 0 Å². The second-order valence-electron chi connectivity index (χ2n) is 5.81. The quantitative estimate of drug-likeness (QED) is 0.681. The largest absolute Gasteiger partial charge is 0.466 e. The van der Waals surface area contributed by atoms with E-state index in [1.165, 1.54) is 24.4 Å². The minimum Gasteiger partial charge on any atom is -0.466 e. The molecule has 6 heteroatoms. The van der Waals surface area contributed by atoms with Crippen molar-refractivity contribution in [3.8, 4) is 11.3 Å². The summed E-state index contributed by atoms with van der Waals surface area (Å²) in [7, 11) is 5.35. The summed E-state index contributed by atoms with van der Waals surface area (Å²) in [5, 5.41) is 3.92. The number of hydrogen-bond donors (Lipinski definition) is 1. The second kappa shape index (κ2) is 6.65. The maximum Gasteiger partial charge on any atom is 0.330 e. The molecule has 5 nitrogen and oxygen atoms in total. The standard InChI is InChI=1S/C18H21N3O2S/c1-11(9-15(22)23-4)17-16(20-18(19-2)24-17)13-5-6-14-12(10-13)7-8-21(14)3/h5-6,9-10H,7-8H2,1-4H3,(H,19,20)/b11-9+. The molecule has 24 heavy (non-hydrogen) atoms. The van der Waals surface area contributed by atoms with Gasteiger partial charge in [-0.1, -0.05) is 17.4 Å². The number of anilines is 2. The van der Waals surface area contributed by atoms with E-state index in [9.17, 15) is 4.79 Å². The van der Waals surface area contributed by atoms with Gasteiger partial charge >= 0.3 is 5.97 Å².